The molecule has 1 aliphatic rings. The van der Waals surface area contributed by atoms with E-state index in [-0.39, 0.29) is 5.91 Å². The highest BCUT2D eigenvalue weighted by molar-refractivity contribution is 5.97. The second kappa shape index (κ2) is 13.8. The smallest absolute Gasteiger partial charge is 0.251 e. The Balaban J connectivity index is 1.16. The van der Waals surface area contributed by atoms with E-state index < -0.39 is 0 Å². The third-order valence-electron chi connectivity index (χ3n) is 8.76. The number of hydrogen-bond donors (Lipinski definition) is 1. The second-order valence-electron chi connectivity index (χ2n) is 11.6. The largest absolute Gasteiger partial charge is 0.497 e. The normalized spacial score (nSPS) is 14.8. The highest BCUT2D eigenvalue weighted by Crippen LogP contribution is 2.29. The predicted octanol–water partition coefficient (Wildman–Crippen LogP) is 5.28. The van der Waals surface area contributed by atoms with Crippen molar-refractivity contribution in [3.8, 4) is 11.4 Å². The Morgan fingerprint density at radius 1 is 1.02 bits per heavy atom. The van der Waals surface area contributed by atoms with E-state index in [0.29, 0.717) is 18.6 Å². The van der Waals surface area contributed by atoms with Gasteiger partial charge in [0, 0.05) is 67.6 Å². The van der Waals surface area contributed by atoms with E-state index in [2.05, 4.69) is 62.3 Å². The minimum atomic E-state index is -0.0166. The summed E-state index contributed by atoms with van der Waals surface area (Å²) in [5, 5.41) is 10.9. The lowest BCUT2D eigenvalue weighted by molar-refractivity contribution is 0.0944. The third-order valence-corrected chi connectivity index (χ3v) is 8.76. The lowest BCUT2D eigenvalue weighted by Gasteiger charge is -2.42. The number of anilines is 1. The van der Waals surface area contributed by atoms with Crippen molar-refractivity contribution in [3.63, 3.8) is 0 Å². The van der Waals surface area contributed by atoms with Crippen LogP contribution in [0.5, 0.6) is 5.75 Å². The van der Waals surface area contributed by atoms with E-state index in [0.717, 1.165) is 67.0 Å². The number of pyridine rings is 1. The average Bonchev–Trinajstić information content (AvgIpc) is 3.56. The van der Waals surface area contributed by atoms with E-state index in [9.17, 15) is 4.79 Å². The number of rotatable bonds is 11. The van der Waals surface area contributed by atoms with Crippen LogP contribution in [-0.2, 0) is 6.54 Å². The summed E-state index contributed by atoms with van der Waals surface area (Å²) in [6, 6.07) is 15.3. The van der Waals surface area contributed by atoms with Gasteiger partial charge in [0.15, 0.2) is 0 Å². The molecule has 4 aromatic rings. The Morgan fingerprint density at radius 2 is 1.70 bits per heavy atom. The summed E-state index contributed by atoms with van der Waals surface area (Å²) in [7, 11) is 1.70. The van der Waals surface area contributed by atoms with Gasteiger partial charge in [-0.15, -0.1) is 10.2 Å². The van der Waals surface area contributed by atoms with Crippen LogP contribution in [0.3, 0.4) is 0 Å². The number of methoxy groups -OCH3 is 1. The van der Waals surface area contributed by atoms with E-state index in [1.165, 1.54) is 16.8 Å². The summed E-state index contributed by atoms with van der Waals surface area (Å²) in [6.07, 6.45) is 10.2. The van der Waals surface area contributed by atoms with Crippen molar-refractivity contribution in [2.24, 2.45) is 0 Å². The molecule has 1 fully saturated rings. The lowest BCUT2D eigenvalue weighted by atomic mass is 9.98. The molecule has 1 atom stereocenters. The van der Waals surface area contributed by atoms with Gasteiger partial charge in [-0.3, -0.25) is 14.3 Å². The first-order valence-electron chi connectivity index (χ1n) is 15.1. The van der Waals surface area contributed by atoms with Crippen LogP contribution < -0.4 is 15.0 Å². The van der Waals surface area contributed by atoms with Crippen molar-refractivity contribution in [2.45, 2.75) is 65.6 Å². The third kappa shape index (κ3) is 7.22. The number of benzene rings is 2. The van der Waals surface area contributed by atoms with E-state index >= 15 is 0 Å². The maximum atomic E-state index is 13.1. The highest BCUT2D eigenvalue weighted by atomic mass is 16.5. The first-order valence-corrected chi connectivity index (χ1v) is 15.1. The minimum Gasteiger partial charge on any atom is -0.497 e. The molecule has 226 valence electrons. The van der Waals surface area contributed by atoms with Crippen LogP contribution in [-0.4, -0.2) is 69.4 Å². The molecule has 2 aromatic heterocycles. The van der Waals surface area contributed by atoms with E-state index in [4.69, 9.17) is 4.74 Å². The Kier molecular flexibility index (Phi) is 9.72. The predicted molar refractivity (Wildman–Crippen MR) is 170 cm³/mol. The number of likely N-dealkylation sites (tertiary alicyclic amines) is 1. The molecule has 0 bridgehead atoms. The molecule has 9 heteroatoms. The molecule has 9 nitrogen and oxygen atoms in total. The van der Waals surface area contributed by atoms with Crippen LogP contribution in [0, 0.1) is 20.8 Å². The molecule has 0 radical (unpaired) electrons. The van der Waals surface area contributed by atoms with Crippen molar-refractivity contribution in [2.75, 3.05) is 31.6 Å². The van der Waals surface area contributed by atoms with E-state index in [1.54, 1.807) is 19.8 Å². The zero-order valence-electron chi connectivity index (χ0n) is 26.0. The molecule has 2 aromatic carbocycles. The molecule has 1 unspecified atom stereocenters. The first kappa shape index (κ1) is 30.2. The second-order valence-corrected chi connectivity index (χ2v) is 11.6. The van der Waals surface area contributed by atoms with Crippen molar-refractivity contribution in [1.29, 1.82) is 0 Å². The maximum absolute atomic E-state index is 13.1. The molecule has 1 saturated heterocycles. The van der Waals surface area contributed by atoms with Crippen molar-refractivity contribution >= 4 is 11.6 Å². The van der Waals surface area contributed by atoms with Gasteiger partial charge in [-0.05, 0) is 112 Å². The van der Waals surface area contributed by atoms with Gasteiger partial charge in [0.1, 0.15) is 18.4 Å². The fourth-order valence-electron chi connectivity index (χ4n) is 6.14. The standard InChI is InChI=1S/C34H43N7O2/c1-24-10-14-35-20-28(24)21-41(29-6-8-32(43-5)9-7-29)30-12-16-39(17-13-30)27(4)11-15-36-34(42)33-25(2)18-31(19-26(33)3)40-22-37-38-23-40/h6-10,14,18-20,22-23,27,30H,11-13,15-17,21H2,1-5H3,(H,36,42). The molecular weight excluding hydrogens is 538 g/mol. The van der Waals surface area contributed by atoms with Crippen LogP contribution in [0.1, 0.15) is 58.8 Å². The number of carbonyl (C=O) groups excluding carboxylic acids is 1. The van der Waals surface area contributed by atoms with Gasteiger partial charge in [0.05, 0.1) is 7.11 Å². The number of ether oxygens (including phenoxy) is 1. The molecule has 0 aliphatic carbocycles. The van der Waals surface area contributed by atoms with Gasteiger partial charge in [-0.2, -0.15) is 0 Å². The van der Waals surface area contributed by atoms with Crippen LogP contribution in [0.25, 0.3) is 5.69 Å². The Labute approximate surface area is 254 Å². The average molecular weight is 582 g/mol. The summed E-state index contributed by atoms with van der Waals surface area (Å²) < 4.78 is 7.26. The summed E-state index contributed by atoms with van der Waals surface area (Å²) in [5.41, 5.74) is 7.31. The van der Waals surface area contributed by atoms with Gasteiger partial charge in [0.25, 0.3) is 5.91 Å². The number of amides is 1. The van der Waals surface area contributed by atoms with Gasteiger partial charge in [0.2, 0.25) is 0 Å². The van der Waals surface area contributed by atoms with Crippen molar-refractivity contribution < 1.29 is 9.53 Å². The van der Waals surface area contributed by atoms with Crippen molar-refractivity contribution in [3.05, 3.63) is 95.3 Å². The van der Waals surface area contributed by atoms with Crippen molar-refractivity contribution in [1.82, 2.24) is 30.0 Å². The number of nitrogens with one attached hydrogen (secondary N) is 1. The van der Waals surface area contributed by atoms with Crippen LogP contribution >= 0.6 is 0 Å². The Bertz CT molecular complexity index is 1470. The molecule has 5 rings (SSSR count). The quantitative estimate of drug-likeness (QED) is 0.258. The topological polar surface area (TPSA) is 88.4 Å². The zero-order chi connectivity index (χ0) is 30.3. The summed E-state index contributed by atoms with van der Waals surface area (Å²) in [5.74, 6) is 0.850. The number of nitrogens with zero attached hydrogens (tertiary/aromatic N) is 6. The fourth-order valence-corrected chi connectivity index (χ4v) is 6.14. The first-order chi connectivity index (χ1) is 20.8. The summed E-state index contributed by atoms with van der Waals surface area (Å²) >= 11 is 0. The summed E-state index contributed by atoms with van der Waals surface area (Å²) in [6.45, 7) is 11.9. The monoisotopic (exact) mass is 581 g/mol. The molecule has 3 heterocycles. The van der Waals surface area contributed by atoms with Gasteiger partial charge >= 0.3 is 0 Å². The summed E-state index contributed by atoms with van der Waals surface area (Å²) in [4.78, 5) is 22.6. The zero-order valence-corrected chi connectivity index (χ0v) is 26.0. The van der Waals surface area contributed by atoms with Gasteiger partial charge in [-0.25, -0.2) is 0 Å². The minimum absolute atomic E-state index is 0.0166. The molecule has 0 saturated carbocycles. The fraction of sp³-hybridized carbons (Fsp3) is 0.412. The molecule has 1 N–H and O–H groups in total. The Hall–Kier alpha value is -4.24. The number of hydrogen-bond acceptors (Lipinski definition) is 7. The van der Waals surface area contributed by atoms with Crippen LogP contribution in [0.4, 0.5) is 5.69 Å². The molecule has 0 spiro atoms. The maximum Gasteiger partial charge on any atom is 0.251 e. The Morgan fingerprint density at radius 3 is 2.33 bits per heavy atom. The lowest BCUT2D eigenvalue weighted by Crippen LogP contribution is -2.48. The van der Waals surface area contributed by atoms with Crippen LogP contribution in [0.2, 0.25) is 0 Å². The number of aryl methyl sites for hydroxylation is 3. The van der Waals surface area contributed by atoms with Gasteiger partial charge < -0.3 is 19.9 Å². The van der Waals surface area contributed by atoms with Crippen LogP contribution in [0.15, 0.2) is 67.5 Å². The molecule has 43 heavy (non-hydrogen) atoms. The van der Waals surface area contributed by atoms with E-state index in [1.807, 2.05) is 55.1 Å². The van der Waals surface area contributed by atoms with Gasteiger partial charge in [-0.1, -0.05) is 0 Å². The molecule has 1 aliphatic heterocycles. The SMILES string of the molecule is COc1ccc(N(Cc2cnccc2C)C2CCN(C(C)CCNC(=O)c3c(C)cc(-n4cnnc4)cc3C)CC2)cc1. The number of aromatic nitrogens is 4. The molecular formula is C34H43N7O2. The highest BCUT2D eigenvalue weighted by Gasteiger charge is 2.28. The molecule has 1 amide bonds. The number of carbonyl (C=O) groups is 1. The number of piperidine rings is 1.